The first-order valence-corrected chi connectivity index (χ1v) is 7.02. The number of benzene rings is 1. The molecular formula is C14H20Cl2N2O. The van der Waals surface area contributed by atoms with Crippen LogP contribution in [0.2, 0.25) is 10.0 Å². The predicted octanol–water partition coefficient (Wildman–Crippen LogP) is 3.47. The summed E-state index contributed by atoms with van der Waals surface area (Å²) in [4.78, 5) is 13.9. The van der Waals surface area contributed by atoms with Crippen LogP contribution >= 0.6 is 23.2 Å². The molecule has 1 aromatic carbocycles. The van der Waals surface area contributed by atoms with Crippen LogP contribution in [0.25, 0.3) is 0 Å². The van der Waals surface area contributed by atoms with Crippen LogP contribution in [-0.2, 0) is 11.3 Å². The third-order valence-corrected chi connectivity index (χ3v) is 3.90. The largest absolute Gasteiger partial charge is 0.340 e. The Kier molecular flexibility index (Phi) is 5.65. The van der Waals surface area contributed by atoms with Crippen molar-refractivity contribution in [1.29, 1.82) is 0 Å². The first-order chi connectivity index (χ1) is 8.79. The van der Waals surface area contributed by atoms with Gasteiger partial charge in [0, 0.05) is 13.6 Å². The average molecular weight is 303 g/mol. The molecule has 0 aliphatic heterocycles. The topological polar surface area (TPSA) is 46.3 Å². The van der Waals surface area contributed by atoms with Crippen LogP contribution in [0.1, 0.15) is 32.3 Å². The van der Waals surface area contributed by atoms with Crippen LogP contribution < -0.4 is 5.73 Å². The molecule has 0 aromatic heterocycles. The summed E-state index contributed by atoms with van der Waals surface area (Å²) in [5, 5.41) is 0.974. The summed E-state index contributed by atoms with van der Waals surface area (Å²) < 4.78 is 0. The van der Waals surface area contributed by atoms with E-state index >= 15 is 0 Å². The lowest BCUT2D eigenvalue weighted by Crippen LogP contribution is -2.51. The van der Waals surface area contributed by atoms with Crippen molar-refractivity contribution in [2.45, 2.75) is 38.8 Å². The Labute approximate surface area is 124 Å². The van der Waals surface area contributed by atoms with E-state index in [-0.39, 0.29) is 5.91 Å². The van der Waals surface area contributed by atoms with Gasteiger partial charge in [0.1, 0.15) is 0 Å². The van der Waals surface area contributed by atoms with Gasteiger partial charge in [-0.25, -0.2) is 0 Å². The lowest BCUT2D eigenvalue weighted by atomic mass is 9.96. The van der Waals surface area contributed by atoms with Crippen LogP contribution in [0.15, 0.2) is 18.2 Å². The van der Waals surface area contributed by atoms with Gasteiger partial charge in [0.2, 0.25) is 5.91 Å². The molecule has 0 saturated carbocycles. The molecule has 0 saturated heterocycles. The smallest absolute Gasteiger partial charge is 0.242 e. The number of nitrogens with zero attached hydrogens (tertiary/aromatic N) is 1. The van der Waals surface area contributed by atoms with Gasteiger partial charge < -0.3 is 10.6 Å². The number of hydrogen-bond donors (Lipinski definition) is 1. The van der Waals surface area contributed by atoms with Crippen molar-refractivity contribution in [3.05, 3.63) is 33.8 Å². The van der Waals surface area contributed by atoms with Crippen molar-refractivity contribution in [3.8, 4) is 0 Å². The summed E-state index contributed by atoms with van der Waals surface area (Å²) in [5.41, 5.74) is 6.02. The van der Waals surface area contributed by atoms with E-state index in [4.69, 9.17) is 28.9 Å². The number of amides is 1. The highest BCUT2D eigenvalue weighted by Gasteiger charge is 2.30. The molecule has 0 spiro atoms. The Bertz CT molecular complexity index is 461. The van der Waals surface area contributed by atoms with Gasteiger partial charge in [0.25, 0.3) is 0 Å². The fourth-order valence-corrected chi connectivity index (χ4v) is 2.44. The minimum absolute atomic E-state index is 0.0922. The lowest BCUT2D eigenvalue weighted by Gasteiger charge is -2.29. The normalized spacial score (nSPS) is 14.0. The van der Waals surface area contributed by atoms with E-state index < -0.39 is 5.54 Å². The van der Waals surface area contributed by atoms with Crippen molar-refractivity contribution in [1.82, 2.24) is 4.90 Å². The molecule has 0 aliphatic carbocycles. The Morgan fingerprint density at radius 2 is 2.05 bits per heavy atom. The number of halogens is 2. The van der Waals surface area contributed by atoms with Crippen LogP contribution in [0.3, 0.4) is 0 Å². The molecule has 19 heavy (non-hydrogen) atoms. The second-order valence-electron chi connectivity index (χ2n) is 5.04. The molecule has 1 amide bonds. The van der Waals surface area contributed by atoms with Gasteiger partial charge in [-0.3, -0.25) is 4.79 Å². The summed E-state index contributed by atoms with van der Waals surface area (Å²) in [6.45, 7) is 4.16. The molecule has 1 atom stereocenters. The molecule has 0 aliphatic rings. The number of carbonyl (C=O) groups excluding carboxylic acids is 1. The number of nitrogens with two attached hydrogens (primary N) is 1. The molecule has 1 rings (SSSR count). The van der Waals surface area contributed by atoms with E-state index in [0.717, 1.165) is 12.0 Å². The van der Waals surface area contributed by atoms with Crippen molar-refractivity contribution >= 4 is 29.1 Å². The van der Waals surface area contributed by atoms with Gasteiger partial charge in [-0.15, -0.1) is 0 Å². The summed E-state index contributed by atoms with van der Waals surface area (Å²) in [6, 6.07) is 5.39. The van der Waals surface area contributed by atoms with E-state index in [1.807, 2.05) is 19.1 Å². The molecule has 0 fully saturated rings. The van der Waals surface area contributed by atoms with Crippen molar-refractivity contribution in [2.75, 3.05) is 7.05 Å². The summed E-state index contributed by atoms with van der Waals surface area (Å²) in [6.07, 6.45) is 1.52. The summed E-state index contributed by atoms with van der Waals surface area (Å²) in [5.74, 6) is -0.0922. The third-order valence-electron chi connectivity index (χ3n) is 3.04. The zero-order valence-electron chi connectivity index (χ0n) is 11.5. The Balaban J connectivity index is 2.82. The predicted molar refractivity (Wildman–Crippen MR) is 80.4 cm³/mol. The first-order valence-electron chi connectivity index (χ1n) is 6.27. The van der Waals surface area contributed by atoms with E-state index in [2.05, 4.69) is 0 Å². The Morgan fingerprint density at radius 1 is 1.42 bits per heavy atom. The second kappa shape index (κ2) is 6.60. The molecule has 1 unspecified atom stereocenters. The minimum Gasteiger partial charge on any atom is -0.340 e. The molecule has 0 bridgehead atoms. The SMILES string of the molecule is CCCC(C)(N)C(=O)N(C)Cc1cccc(Cl)c1Cl. The molecular weight excluding hydrogens is 283 g/mol. The molecule has 0 heterocycles. The second-order valence-corrected chi connectivity index (χ2v) is 5.83. The lowest BCUT2D eigenvalue weighted by molar-refractivity contribution is -0.135. The molecule has 2 N–H and O–H groups in total. The van der Waals surface area contributed by atoms with Gasteiger partial charge in [-0.1, -0.05) is 48.7 Å². The fraction of sp³-hybridized carbons (Fsp3) is 0.500. The van der Waals surface area contributed by atoms with E-state index in [1.165, 1.54) is 0 Å². The maximum absolute atomic E-state index is 12.3. The highest BCUT2D eigenvalue weighted by atomic mass is 35.5. The van der Waals surface area contributed by atoms with E-state index in [0.29, 0.717) is 23.0 Å². The van der Waals surface area contributed by atoms with Crippen LogP contribution in [-0.4, -0.2) is 23.4 Å². The monoisotopic (exact) mass is 302 g/mol. The van der Waals surface area contributed by atoms with Crippen molar-refractivity contribution in [3.63, 3.8) is 0 Å². The maximum Gasteiger partial charge on any atom is 0.242 e. The standard InChI is InChI=1S/C14H20Cl2N2O/c1-4-8-14(2,17)13(19)18(3)9-10-6-5-7-11(15)12(10)16/h5-7H,4,8-9,17H2,1-3H3. The van der Waals surface area contributed by atoms with E-state index in [1.54, 1.807) is 24.9 Å². The van der Waals surface area contributed by atoms with Gasteiger partial charge >= 0.3 is 0 Å². The maximum atomic E-state index is 12.3. The van der Waals surface area contributed by atoms with Gasteiger partial charge in [-0.2, -0.15) is 0 Å². The van der Waals surface area contributed by atoms with Gasteiger partial charge in [0.15, 0.2) is 0 Å². The zero-order chi connectivity index (χ0) is 14.6. The van der Waals surface area contributed by atoms with E-state index in [9.17, 15) is 4.79 Å². The number of likely N-dealkylation sites (N-methyl/N-ethyl adjacent to an activating group) is 1. The Morgan fingerprint density at radius 3 is 2.63 bits per heavy atom. The first kappa shape index (κ1) is 16.3. The highest BCUT2D eigenvalue weighted by molar-refractivity contribution is 6.42. The molecule has 1 aromatic rings. The Hall–Kier alpha value is -0.770. The average Bonchev–Trinajstić information content (AvgIpc) is 2.33. The third kappa shape index (κ3) is 4.10. The molecule has 0 radical (unpaired) electrons. The molecule has 5 heteroatoms. The van der Waals surface area contributed by atoms with Crippen LogP contribution in [0.5, 0.6) is 0 Å². The quantitative estimate of drug-likeness (QED) is 0.905. The van der Waals surface area contributed by atoms with Gasteiger partial charge in [0.05, 0.1) is 15.6 Å². The number of hydrogen-bond acceptors (Lipinski definition) is 2. The zero-order valence-corrected chi connectivity index (χ0v) is 13.1. The fourth-order valence-electron chi connectivity index (χ4n) is 2.06. The number of carbonyl (C=O) groups is 1. The minimum atomic E-state index is -0.839. The highest BCUT2D eigenvalue weighted by Crippen LogP contribution is 2.26. The summed E-state index contributed by atoms with van der Waals surface area (Å²) in [7, 11) is 1.72. The van der Waals surface area contributed by atoms with Crippen LogP contribution in [0, 0.1) is 0 Å². The summed E-state index contributed by atoms with van der Waals surface area (Å²) >= 11 is 12.1. The molecule has 3 nitrogen and oxygen atoms in total. The van der Waals surface area contributed by atoms with Crippen LogP contribution in [0.4, 0.5) is 0 Å². The van der Waals surface area contributed by atoms with Gasteiger partial charge in [-0.05, 0) is 25.0 Å². The molecule has 106 valence electrons. The number of rotatable bonds is 5. The van der Waals surface area contributed by atoms with Crippen molar-refractivity contribution < 1.29 is 4.79 Å². The van der Waals surface area contributed by atoms with Crippen molar-refractivity contribution in [2.24, 2.45) is 5.73 Å².